The molecule has 3 atom stereocenters. The van der Waals surface area contributed by atoms with E-state index in [-0.39, 0.29) is 11.9 Å². The molecule has 100 valence electrons. The van der Waals surface area contributed by atoms with Crippen molar-refractivity contribution in [2.75, 3.05) is 7.11 Å². The van der Waals surface area contributed by atoms with Crippen LogP contribution in [0.15, 0.2) is 18.2 Å². The SMILES string of the molecule is CCC1CCC(C(N)c2cc(F)ccc2OC)C1. The summed E-state index contributed by atoms with van der Waals surface area (Å²) in [6.07, 6.45) is 4.74. The first-order valence-electron chi connectivity index (χ1n) is 6.74. The molecule has 3 heteroatoms. The van der Waals surface area contributed by atoms with Gasteiger partial charge in [-0.3, -0.25) is 0 Å². The molecule has 2 rings (SSSR count). The Morgan fingerprint density at radius 3 is 2.83 bits per heavy atom. The molecule has 1 aliphatic rings. The van der Waals surface area contributed by atoms with Crippen LogP contribution in [0.1, 0.15) is 44.2 Å². The van der Waals surface area contributed by atoms with E-state index in [0.717, 1.165) is 24.3 Å². The van der Waals surface area contributed by atoms with Crippen LogP contribution in [0.3, 0.4) is 0 Å². The molecule has 0 bridgehead atoms. The van der Waals surface area contributed by atoms with Crippen molar-refractivity contribution in [1.29, 1.82) is 0 Å². The lowest BCUT2D eigenvalue weighted by Gasteiger charge is -2.22. The third-order valence-electron chi connectivity index (χ3n) is 4.22. The van der Waals surface area contributed by atoms with Crippen LogP contribution in [0.2, 0.25) is 0 Å². The third kappa shape index (κ3) is 2.66. The predicted octanol–water partition coefficient (Wildman–Crippen LogP) is 3.66. The molecule has 1 aliphatic carbocycles. The molecule has 3 unspecified atom stereocenters. The van der Waals surface area contributed by atoms with E-state index in [1.165, 1.54) is 25.0 Å². The number of nitrogens with two attached hydrogens (primary N) is 1. The standard InChI is InChI=1S/C15H22FNO/c1-3-10-4-5-11(8-10)15(17)13-9-12(16)6-7-14(13)18-2/h6-7,9-11,15H,3-5,8,17H2,1-2H3. The highest BCUT2D eigenvalue weighted by atomic mass is 19.1. The van der Waals surface area contributed by atoms with Gasteiger partial charge in [-0.1, -0.05) is 19.8 Å². The maximum absolute atomic E-state index is 13.4. The van der Waals surface area contributed by atoms with Crippen LogP contribution in [0.25, 0.3) is 0 Å². The molecule has 18 heavy (non-hydrogen) atoms. The van der Waals surface area contributed by atoms with Crippen LogP contribution >= 0.6 is 0 Å². The predicted molar refractivity (Wildman–Crippen MR) is 71.0 cm³/mol. The molecular formula is C15H22FNO. The van der Waals surface area contributed by atoms with Gasteiger partial charge in [0.2, 0.25) is 0 Å². The van der Waals surface area contributed by atoms with E-state index < -0.39 is 0 Å². The molecule has 0 radical (unpaired) electrons. The summed E-state index contributed by atoms with van der Waals surface area (Å²) < 4.78 is 18.7. The van der Waals surface area contributed by atoms with Gasteiger partial charge in [0.1, 0.15) is 11.6 Å². The minimum absolute atomic E-state index is 0.118. The first-order chi connectivity index (χ1) is 8.65. The van der Waals surface area contributed by atoms with Gasteiger partial charge in [-0.25, -0.2) is 4.39 Å². The first-order valence-corrected chi connectivity index (χ1v) is 6.74. The van der Waals surface area contributed by atoms with Crippen molar-refractivity contribution in [3.05, 3.63) is 29.6 Å². The fourth-order valence-electron chi connectivity index (χ4n) is 3.03. The van der Waals surface area contributed by atoms with Gasteiger partial charge in [-0.05, 0) is 42.9 Å². The van der Waals surface area contributed by atoms with Crippen LogP contribution < -0.4 is 10.5 Å². The molecule has 2 nitrogen and oxygen atoms in total. The van der Waals surface area contributed by atoms with Crippen molar-refractivity contribution in [2.24, 2.45) is 17.6 Å². The summed E-state index contributed by atoms with van der Waals surface area (Å²) in [6.45, 7) is 2.22. The van der Waals surface area contributed by atoms with E-state index in [9.17, 15) is 4.39 Å². The molecule has 1 aromatic rings. The summed E-state index contributed by atoms with van der Waals surface area (Å²) >= 11 is 0. The summed E-state index contributed by atoms with van der Waals surface area (Å²) in [5.41, 5.74) is 7.12. The van der Waals surface area contributed by atoms with Crippen LogP contribution in [0.4, 0.5) is 4.39 Å². The topological polar surface area (TPSA) is 35.2 Å². The van der Waals surface area contributed by atoms with E-state index in [1.807, 2.05) is 0 Å². The fraction of sp³-hybridized carbons (Fsp3) is 0.600. The van der Waals surface area contributed by atoms with Gasteiger partial charge in [0.05, 0.1) is 7.11 Å². The lowest BCUT2D eigenvalue weighted by molar-refractivity contribution is 0.376. The molecule has 0 heterocycles. The van der Waals surface area contributed by atoms with Crippen LogP contribution in [0.5, 0.6) is 5.75 Å². The second-order valence-electron chi connectivity index (χ2n) is 5.26. The minimum Gasteiger partial charge on any atom is -0.496 e. The van der Waals surface area contributed by atoms with Gasteiger partial charge < -0.3 is 10.5 Å². The summed E-state index contributed by atoms with van der Waals surface area (Å²) in [5, 5.41) is 0. The quantitative estimate of drug-likeness (QED) is 0.886. The zero-order valence-corrected chi connectivity index (χ0v) is 11.2. The molecule has 1 fully saturated rings. The normalized spacial score (nSPS) is 25.1. The maximum atomic E-state index is 13.4. The Morgan fingerprint density at radius 1 is 1.44 bits per heavy atom. The fourth-order valence-corrected chi connectivity index (χ4v) is 3.03. The maximum Gasteiger partial charge on any atom is 0.123 e. The average Bonchev–Trinajstić information content (AvgIpc) is 2.86. The van der Waals surface area contributed by atoms with Gasteiger partial charge >= 0.3 is 0 Å². The van der Waals surface area contributed by atoms with Gasteiger partial charge in [-0.2, -0.15) is 0 Å². The lowest BCUT2D eigenvalue weighted by atomic mass is 9.90. The Balaban J connectivity index is 2.18. The second kappa shape index (κ2) is 5.70. The van der Waals surface area contributed by atoms with Crippen molar-refractivity contribution in [3.8, 4) is 5.75 Å². The minimum atomic E-state index is -0.244. The zero-order valence-electron chi connectivity index (χ0n) is 11.2. The largest absolute Gasteiger partial charge is 0.496 e. The van der Waals surface area contributed by atoms with E-state index in [1.54, 1.807) is 13.2 Å². The highest BCUT2D eigenvalue weighted by Gasteiger charge is 2.30. The van der Waals surface area contributed by atoms with E-state index in [4.69, 9.17) is 10.5 Å². The van der Waals surface area contributed by atoms with Crippen molar-refractivity contribution in [3.63, 3.8) is 0 Å². The number of halogens is 1. The molecule has 2 N–H and O–H groups in total. The van der Waals surface area contributed by atoms with Crippen molar-refractivity contribution >= 4 is 0 Å². The van der Waals surface area contributed by atoms with E-state index in [0.29, 0.717) is 11.7 Å². The third-order valence-corrected chi connectivity index (χ3v) is 4.22. The molecule has 0 amide bonds. The molecular weight excluding hydrogens is 229 g/mol. The number of hydrogen-bond donors (Lipinski definition) is 1. The molecule has 0 aromatic heterocycles. The van der Waals surface area contributed by atoms with Crippen LogP contribution in [0, 0.1) is 17.7 Å². The summed E-state index contributed by atoms with van der Waals surface area (Å²) in [7, 11) is 1.60. The Morgan fingerprint density at radius 2 is 2.22 bits per heavy atom. The number of ether oxygens (including phenoxy) is 1. The van der Waals surface area contributed by atoms with E-state index in [2.05, 4.69) is 6.92 Å². The summed E-state index contributed by atoms with van der Waals surface area (Å²) in [4.78, 5) is 0. The highest BCUT2D eigenvalue weighted by molar-refractivity contribution is 5.36. The van der Waals surface area contributed by atoms with Crippen LogP contribution in [-0.4, -0.2) is 7.11 Å². The van der Waals surface area contributed by atoms with Crippen molar-refractivity contribution < 1.29 is 9.13 Å². The number of benzene rings is 1. The van der Waals surface area contributed by atoms with Gasteiger partial charge in [0.15, 0.2) is 0 Å². The lowest BCUT2D eigenvalue weighted by Crippen LogP contribution is -2.20. The molecule has 1 aromatic carbocycles. The van der Waals surface area contributed by atoms with Crippen LogP contribution in [-0.2, 0) is 0 Å². The van der Waals surface area contributed by atoms with Gasteiger partial charge in [-0.15, -0.1) is 0 Å². The van der Waals surface area contributed by atoms with Crippen molar-refractivity contribution in [1.82, 2.24) is 0 Å². The Kier molecular flexibility index (Phi) is 4.23. The van der Waals surface area contributed by atoms with E-state index >= 15 is 0 Å². The Labute approximate surface area is 108 Å². The van der Waals surface area contributed by atoms with Crippen molar-refractivity contribution in [2.45, 2.75) is 38.6 Å². The number of hydrogen-bond acceptors (Lipinski definition) is 2. The summed E-state index contributed by atoms with van der Waals surface area (Å²) in [6, 6.07) is 4.48. The molecule has 0 saturated heterocycles. The molecule has 1 saturated carbocycles. The highest BCUT2D eigenvalue weighted by Crippen LogP contribution is 2.41. The Bertz CT molecular complexity index is 407. The molecule has 0 aliphatic heterocycles. The summed E-state index contributed by atoms with van der Waals surface area (Å²) in [5.74, 6) is 1.68. The second-order valence-corrected chi connectivity index (χ2v) is 5.26. The number of rotatable bonds is 4. The Hall–Kier alpha value is -1.09. The smallest absolute Gasteiger partial charge is 0.123 e. The average molecular weight is 251 g/mol. The van der Waals surface area contributed by atoms with Gasteiger partial charge in [0.25, 0.3) is 0 Å². The van der Waals surface area contributed by atoms with Gasteiger partial charge in [0, 0.05) is 11.6 Å². The first kappa shape index (κ1) is 13.3. The monoisotopic (exact) mass is 251 g/mol. The molecule has 0 spiro atoms. The zero-order chi connectivity index (χ0) is 13.1. The number of methoxy groups -OCH3 is 1.